The summed E-state index contributed by atoms with van der Waals surface area (Å²) in [4.78, 5) is 12.1. The van der Waals surface area contributed by atoms with Crippen molar-refractivity contribution in [1.29, 1.82) is 5.26 Å². The number of rotatable bonds is 5. The Labute approximate surface area is 174 Å². The topological polar surface area (TPSA) is 91.6 Å². The molecule has 1 aromatic heterocycles. The van der Waals surface area contributed by atoms with Crippen molar-refractivity contribution in [2.45, 2.75) is 65.3 Å². The Morgan fingerprint density at radius 3 is 2.38 bits per heavy atom. The third-order valence-corrected chi connectivity index (χ3v) is 5.62. The van der Waals surface area contributed by atoms with Gasteiger partial charge in [0.15, 0.2) is 0 Å². The highest BCUT2D eigenvalue weighted by Gasteiger charge is 2.36. The van der Waals surface area contributed by atoms with Crippen molar-refractivity contribution in [1.82, 2.24) is 0 Å². The molecule has 155 valence electrons. The molecule has 0 spiro atoms. The molecule has 1 radical (unpaired) electrons. The van der Waals surface area contributed by atoms with Gasteiger partial charge in [0.2, 0.25) is 0 Å². The molecule has 9 heteroatoms. The van der Waals surface area contributed by atoms with Gasteiger partial charge >= 0.3 is 13.6 Å². The Morgan fingerprint density at radius 2 is 1.86 bits per heavy atom. The van der Waals surface area contributed by atoms with Crippen LogP contribution in [-0.4, -0.2) is 35.5 Å². The number of amides is 1. The van der Waals surface area contributed by atoms with Crippen molar-refractivity contribution in [3.8, 4) is 6.07 Å². The zero-order chi connectivity index (χ0) is 22.2. The number of anilines is 1. The second kappa shape index (κ2) is 7.94. The minimum Gasteiger partial charge on any atom is -0.444 e. The van der Waals surface area contributed by atoms with Crippen LogP contribution in [0.3, 0.4) is 0 Å². The lowest BCUT2D eigenvalue weighted by atomic mass is 9.80. The number of hydrogen-bond donors (Lipinski definition) is 2. The number of hydrogen-bond acceptors (Lipinski definition) is 6. The quantitative estimate of drug-likeness (QED) is 0.713. The zero-order valence-electron chi connectivity index (χ0n) is 17.6. The first kappa shape index (κ1) is 23.1. The van der Waals surface area contributed by atoms with Crippen molar-refractivity contribution < 1.29 is 23.7 Å². The summed E-state index contributed by atoms with van der Waals surface area (Å²) in [6, 6.07) is 4.79. The molecule has 0 unspecified atom stereocenters. The Kier molecular flexibility index (Phi) is 6.33. The van der Waals surface area contributed by atoms with Crippen LogP contribution >= 0.6 is 11.3 Å². The standard InChI is InChI=1S/C20H25BFN2O4S/c1-18(2,3)27-17(25)24-16-11(10-23)14-12(8-9-13(22)15(14)29-16)21-28-20(6,7)19(4,5)26/h8-9,26H,1-7H3,(H,24,25). The van der Waals surface area contributed by atoms with Crippen LogP contribution in [0.15, 0.2) is 12.1 Å². The molecule has 29 heavy (non-hydrogen) atoms. The van der Waals surface area contributed by atoms with Gasteiger partial charge in [-0.3, -0.25) is 5.32 Å². The van der Waals surface area contributed by atoms with Gasteiger partial charge in [-0.2, -0.15) is 5.26 Å². The number of carbonyl (C=O) groups is 1. The molecule has 2 N–H and O–H groups in total. The molecule has 0 bridgehead atoms. The Hall–Kier alpha value is -2.15. The summed E-state index contributed by atoms with van der Waals surface area (Å²) in [7, 11) is 1.39. The largest absolute Gasteiger partial charge is 0.444 e. The fourth-order valence-electron chi connectivity index (χ4n) is 2.24. The number of thiophene rings is 1. The van der Waals surface area contributed by atoms with Crippen LogP contribution in [0.25, 0.3) is 10.1 Å². The number of halogens is 1. The molecule has 1 amide bonds. The summed E-state index contributed by atoms with van der Waals surface area (Å²) in [5.74, 6) is -0.516. The van der Waals surface area contributed by atoms with Crippen molar-refractivity contribution in [3.05, 3.63) is 23.5 Å². The molecule has 0 saturated heterocycles. The molecule has 0 atom stereocenters. The van der Waals surface area contributed by atoms with E-state index in [2.05, 4.69) is 5.32 Å². The summed E-state index contributed by atoms with van der Waals surface area (Å²) < 4.78 is 25.6. The predicted octanol–water partition coefficient (Wildman–Crippen LogP) is 4.07. The molecule has 2 rings (SSSR count). The van der Waals surface area contributed by atoms with E-state index in [0.29, 0.717) is 10.8 Å². The van der Waals surface area contributed by atoms with Gasteiger partial charge in [-0.15, -0.1) is 11.3 Å². The van der Waals surface area contributed by atoms with Crippen LogP contribution in [0.4, 0.5) is 14.2 Å². The maximum atomic E-state index is 14.4. The van der Waals surface area contributed by atoms with Gasteiger partial charge in [-0.05, 0) is 60.0 Å². The highest BCUT2D eigenvalue weighted by molar-refractivity contribution is 7.23. The molecule has 1 aromatic carbocycles. The number of nitrogens with one attached hydrogen (secondary N) is 1. The molecular weight excluding hydrogens is 394 g/mol. The van der Waals surface area contributed by atoms with Gasteiger partial charge in [-0.25, -0.2) is 9.18 Å². The maximum Gasteiger partial charge on any atom is 0.412 e. The second-order valence-corrected chi connectivity index (χ2v) is 9.71. The van der Waals surface area contributed by atoms with E-state index < -0.39 is 28.7 Å². The molecule has 6 nitrogen and oxygen atoms in total. The predicted molar refractivity (Wildman–Crippen MR) is 113 cm³/mol. The minimum absolute atomic E-state index is 0.117. The summed E-state index contributed by atoms with van der Waals surface area (Å²) in [6.45, 7) is 11.8. The number of ether oxygens (including phenoxy) is 1. The minimum atomic E-state index is -1.14. The van der Waals surface area contributed by atoms with E-state index in [1.54, 1.807) is 48.5 Å². The molecule has 2 aromatic rings. The average Bonchev–Trinajstić information content (AvgIpc) is 2.90. The number of nitrogens with zero attached hydrogens (tertiary/aromatic N) is 1. The van der Waals surface area contributed by atoms with E-state index in [9.17, 15) is 19.6 Å². The Bertz CT molecular complexity index is 968. The summed E-state index contributed by atoms with van der Waals surface area (Å²) in [5, 5.41) is 23.0. The van der Waals surface area contributed by atoms with Crippen LogP contribution in [-0.2, 0) is 9.39 Å². The van der Waals surface area contributed by atoms with E-state index in [1.165, 1.54) is 19.6 Å². The van der Waals surface area contributed by atoms with Gasteiger partial charge < -0.3 is 14.5 Å². The summed E-state index contributed by atoms with van der Waals surface area (Å²) >= 11 is 0.948. The molecule has 1 heterocycles. The number of aliphatic hydroxyl groups is 1. The van der Waals surface area contributed by atoms with Crippen molar-refractivity contribution >= 4 is 45.5 Å². The van der Waals surface area contributed by atoms with E-state index in [0.717, 1.165) is 11.3 Å². The first-order valence-corrected chi connectivity index (χ1v) is 9.86. The molecule has 0 saturated carbocycles. The highest BCUT2D eigenvalue weighted by Crippen LogP contribution is 2.36. The molecule has 0 fully saturated rings. The van der Waals surface area contributed by atoms with E-state index in [-0.39, 0.29) is 15.3 Å². The van der Waals surface area contributed by atoms with Crippen molar-refractivity contribution in [3.63, 3.8) is 0 Å². The van der Waals surface area contributed by atoms with Crippen LogP contribution in [0.2, 0.25) is 0 Å². The van der Waals surface area contributed by atoms with Crippen molar-refractivity contribution in [2.24, 2.45) is 0 Å². The molecule has 0 aliphatic heterocycles. The fourth-order valence-corrected chi connectivity index (χ4v) is 3.32. The van der Waals surface area contributed by atoms with Gasteiger partial charge in [0, 0.05) is 5.39 Å². The maximum absolute atomic E-state index is 14.4. The van der Waals surface area contributed by atoms with Crippen LogP contribution in [0.5, 0.6) is 0 Å². The van der Waals surface area contributed by atoms with Crippen LogP contribution in [0, 0.1) is 17.1 Å². The Morgan fingerprint density at radius 1 is 1.24 bits per heavy atom. The van der Waals surface area contributed by atoms with Gasteiger partial charge in [0.1, 0.15) is 22.5 Å². The van der Waals surface area contributed by atoms with E-state index >= 15 is 0 Å². The fraction of sp³-hybridized carbons (Fsp3) is 0.500. The van der Waals surface area contributed by atoms with E-state index in [1.807, 2.05) is 6.07 Å². The number of benzene rings is 1. The second-order valence-electron chi connectivity index (χ2n) is 8.69. The average molecular weight is 419 g/mol. The third-order valence-electron chi connectivity index (χ3n) is 4.50. The van der Waals surface area contributed by atoms with Gasteiger partial charge in [-0.1, -0.05) is 6.07 Å². The first-order valence-electron chi connectivity index (χ1n) is 9.05. The third kappa shape index (κ3) is 5.27. The SMILES string of the molecule is CC(C)(C)OC(=O)Nc1sc2c(F)ccc([B]OC(C)(C)C(C)(C)O)c2c1C#N. The monoisotopic (exact) mass is 419 g/mol. The van der Waals surface area contributed by atoms with Gasteiger partial charge in [0.25, 0.3) is 0 Å². The van der Waals surface area contributed by atoms with Gasteiger partial charge in [0.05, 0.1) is 21.5 Å². The smallest absolute Gasteiger partial charge is 0.412 e. The van der Waals surface area contributed by atoms with Crippen LogP contribution in [0.1, 0.15) is 54.0 Å². The lowest BCUT2D eigenvalue weighted by Gasteiger charge is -2.37. The normalized spacial score (nSPS) is 12.6. The lowest BCUT2D eigenvalue weighted by Crippen LogP contribution is -2.49. The lowest BCUT2D eigenvalue weighted by molar-refractivity contribution is -0.0893. The molecule has 0 aliphatic carbocycles. The number of nitriles is 1. The highest BCUT2D eigenvalue weighted by atomic mass is 32.1. The van der Waals surface area contributed by atoms with E-state index in [4.69, 9.17) is 9.39 Å². The summed E-state index contributed by atoms with van der Waals surface area (Å²) in [5.41, 5.74) is -2.21. The molecule has 0 aliphatic rings. The first-order chi connectivity index (χ1) is 13.2. The Balaban J connectivity index is 2.45. The number of carbonyl (C=O) groups excluding carboxylic acids is 1. The zero-order valence-corrected chi connectivity index (χ0v) is 18.5. The van der Waals surface area contributed by atoms with Crippen molar-refractivity contribution in [2.75, 3.05) is 5.32 Å². The number of fused-ring (bicyclic) bond motifs is 1. The summed E-state index contributed by atoms with van der Waals surface area (Å²) in [6.07, 6.45) is -0.731. The van der Waals surface area contributed by atoms with Crippen LogP contribution < -0.4 is 10.8 Å². The molecular formula is C20H25BFN2O4S.